The molecule has 0 saturated heterocycles. The van der Waals surface area contributed by atoms with Crippen LogP contribution < -0.4 is 10.2 Å². The van der Waals surface area contributed by atoms with E-state index in [2.05, 4.69) is 48.3 Å². The minimum absolute atomic E-state index is 0.456. The summed E-state index contributed by atoms with van der Waals surface area (Å²) in [5, 5.41) is 3.54. The third-order valence-corrected chi connectivity index (χ3v) is 4.72. The normalized spacial score (nSPS) is 26.8. The minimum Gasteiger partial charge on any atom is -0.366 e. The van der Waals surface area contributed by atoms with Crippen molar-refractivity contribution in [2.45, 2.75) is 45.7 Å². The fourth-order valence-corrected chi connectivity index (χ4v) is 3.69. The Labute approximate surface area is 110 Å². The average molecular weight is 244 g/mol. The van der Waals surface area contributed by atoms with E-state index in [4.69, 9.17) is 0 Å². The number of nitrogens with one attached hydrogen (secondary N) is 1. The molecule has 1 heterocycles. The van der Waals surface area contributed by atoms with Crippen molar-refractivity contribution < 1.29 is 0 Å². The highest BCUT2D eigenvalue weighted by Crippen LogP contribution is 2.42. The van der Waals surface area contributed by atoms with Crippen LogP contribution in [0.1, 0.15) is 38.7 Å². The molecular formula is C16H24N2. The van der Waals surface area contributed by atoms with Gasteiger partial charge in [-0.25, -0.2) is 0 Å². The molecule has 3 rings (SSSR count). The largest absolute Gasteiger partial charge is 0.366 e. The van der Waals surface area contributed by atoms with Gasteiger partial charge in [-0.15, -0.1) is 0 Å². The second-order valence-electron chi connectivity index (χ2n) is 6.40. The molecule has 0 spiro atoms. The van der Waals surface area contributed by atoms with Crippen molar-refractivity contribution in [1.82, 2.24) is 5.32 Å². The number of anilines is 1. The first-order valence-electron chi connectivity index (χ1n) is 7.24. The molecule has 1 aromatic carbocycles. The molecule has 0 radical (unpaired) electrons. The summed E-state index contributed by atoms with van der Waals surface area (Å²) in [7, 11) is 0. The number of rotatable bonds is 1. The zero-order chi connectivity index (χ0) is 12.6. The van der Waals surface area contributed by atoms with Gasteiger partial charge in [0.1, 0.15) is 0 Å². The maximum atomic E-state index is 3.54. The first-order chi connectivity index (χ1) is 8.68. The van der Waals surface area contributed by atoms with Gasteiger partial charge in [0.05, 0.1) is 0 Å². The van der Waals surface area contributed by atoms with Crippen LogP contribution in [0.25, 0.3) is 0 Å². The lowest BCUT2D eigenvalue weighted by atomic mass is 9.86. The third-order valence-electron chi connectivity index (χ3n) is 4.72. The van der Waals surface area contributed by atoms with E-state index in [1.807, 2.05) is 0 Å². The highest BCUT2D eigenvalue weighted by atomic mass is 15.2. The predicted molar refractivity (Wildman–Crippen MR) is 76.9 cm³/mol. The second-order valence-corrected chi connectivity index (χ2v) is 6.40. The number of para-hydroxylation sites is 1. The van der Waals surface area contributed by atoms with Gasteiger partial charge in [0.25, 0.3) is 0 Å². The SMILES string of the molecule is CC1(C)CCCC1N1CCNCc2ccccc21. The Morgan fingerprint density at radius 1 is 1.28 bits per heavy atom. The van der Waals surface area contributed by atoms with Gasteiger partial charge in [0, 0.05) is 31.4 Å². The van der Waals surface area contributed by atoms with Crippen molar-refractivity contribution in [3.05, 3.63) is 29.8 Å². The van der Waals surface area contributed by atoms with Gasteiger partial charge in [0.15, 0.2) is 0 Å². The lowest BCUT2D eigenvalue weighted by Gasteiger charge is -2.39. The lowest BCUT2D eigenvalue weighted by molar-refractivity contribution is 0.316. The van der Waals surface area contributed by atoms with E-state index in [1.54, 1.807) is 0 Å². The van der Waals surface area contributed by atoms with Crippen LogP contribution in [0, 0.1) is 5.41 Å². The highest BCUT2D eigenvalue weighted by Gasteiger charge is 2.39. The first kappa shape index (κ1) is 12.0. The minimum atomic E-state index is 0.456. The Morgan fingerprint density at radius 3 is 2.89 bits per heavy atom. The summed E-state index contributed by atoms with van der Waals surface area (Å²) in [6.07, 6.45) is 4.09. The summed E-state index contributed by atoms with van der Waals surface area (Å²) >= 11 is 0. The van der Waals surface area contributed by atoms with Crippen molar-refractivity contribution in [2.24, 2.45) is 5.41 Å². The van der Waals surface area contributed by atoms with E-state index in [0.29, 0.717) is 11.5 Å². The summed E-state index contributed by atoms with van der Waals surface area (Å²) in [4.78, 5) is 2.67. The van der Waals surface area contributed by atoms with E-state index in [1.165, 1.54) is 30.5 Å². The molecule has 1 unspecified atom stereocenters. The van der Waals surface area contributed by atoms with Gasteiger partial charge >= 0.3 is 0 Å². The Kier molecular flexibility index (Phi) is 3.06. The summed E-state index contributed by atoms with van der Waals surface area (Å²) in [6.45, 7) is 8.13. The second kappa shape index (κ2) is 4.58. The number of hydrogen-bond donors (Lipinski definition) is 1. The van der Waals surface area contributed by atoms with Crippen molar-refractivity contribution in [3.8, 4) is 0 Å². The van der Waals surface area contributed by atoms with Gasteiger partial charge in [-0.3, -0.25) is 0 Å². The van der Waals surface area contributed by atoms with Gasteiger partial charge in [0.2, 0.25) is 0 Å². The van der Waals surface area contributed by atoms with Gasteiger partial charge < -0.3 is 10.2 Å². The molecule has 2 nitrogen and oxygen atoms in total. The van der Waals surface area contributed by atoms with Crippen molar-refractivity contribution in [1.29, 1.82) is 0 Å². The molecule has 1 aromatic rings. The monoisotopic (exact) mass is 244 g/mol. The van der Waals surface area contributed by atoms with E-state index in [-0.39, 0.29) is 0 Å². The Bertz CT molecular complexity index is 425. The molecule has 1 aliphatic carbocycles. The van der Waals surface area contributed by atoms with Crippen LogP contribution in [0.2, 0.25) is 0 Å². The van der Waals surface area contributed by atoms with Crippen molar-refractivity contribution in [3.63, 3.8) is 0 Å². The smallest absolute Gasteiger partial charge is 0.0414 e. The standard InChI is InChI=1S/C16H24N2/c1-16(2)9-5-8-15(16)18-11-10-17-12-13-6-3-4-7-14(13)18/h3-4,6-7,15,17H,5,8-12H2,1-2H3. The van der Waals surface area contributed by atoms with Crippen LogP contribution in [0.4, 0.5) is 5.69 Å². The number of fused-ring (bicyclic) bond motifs is 1. The van der Waals surface area contributed by atoms with Gasteiger partial charge in [-0.05, 0) is 29.9 Å². The third kappa shape index (κ3) is 2.03. The molecule has 1 atom stereocenters. The van der Waals surface area contributed by atoms with Crippen molar-refractivity contribution >= 4 is 5.69 Å². The molecule has 98 valence electrons. The molecule has 1 N–H and O–H groups in total. The van der Waals surface area contributed by atoms with Crippen LogP contribution in [-0.4, -0.2) is 19.1 Å². The summed E-state index contributed by atoms with van der Waals surface area (Å²) in [6, 6.07) is 9.61. The number of nitrogens with zero attached hydrogens (tertiary/aromatic N) is 1. The van der Waals surface area contributed by atoms with E-state index in [9.17, 15) is 0 Å². The summed E-state index contributed by atoms with van der Waals surface area (Å²) < 4.78 is 0. The number of benzene rings is 1. The van der Waals surface area contributed by atoms with Crippen LogP contribution >= 0.6 is 0 Å². The fraction of sp³-hybridized carbons (Fsp3) is 0.625. The maximum Gasteiger partial charge on any atom is 0.0414 e. The van der Waals surface area contributed by atoms with E-state index in [0.717, 1.165) is 19.6 Å². The molecule has 1 saturated carbocycles. The fourth-order valence-electron chi connectivity index (χ4n) is 3.69. The molecule has 1 fully saturated rings. The zero-order valence-corrected chi connectivity index (χ0v) is 11.6. The maximum absolute atomic E-state index is 3.54. The van der Waals surface area contributed by atoms with Crippen LogP contribution in [0.15, 0.2) is 24.3 Å². The molecule has 18 heavy (non-hydrogen) atoms. The molecular weight excluding hydrogens is 220 g/mol. The summed E-state index contributed by atoms with van der Waals surface area (Å²) in [5.41, 5.74) is 3.37. The molecule has 2 heteroatoms. The Balaban J connectivity index is 1.97. The molecule has 2 aliphatic rings. The topological polar surface area (TPSA) is 15.3 Å². The Hall–Kier alpha value is -1.02. The lowest BCUT2D eigenvalue weighted by Crippen LogP contribution is -2.44. The average Bonchev–Trinajstić information content (AvgIpc) is 2.60. The van der Waals surface area contributed by atoms with Crippen LogP contribution in [0.5, 0.6) is 0 Å². The molecule has 0 aromatic heterocycles. The zero-order valence-electron chi connectivity index (χ0n) is 11.6. The van der Waals surface area contributed by atoms with Gasteiger partial charge in [-0.2, -0.15) is 0 Å². The predicted octanol–water partition coefficient (Wildman–Crippen LogP) is 3.17. The van der Waals surface area contributed by atoms with Crippen LogP contribution in [0.3, 0.4) is 0 Å². The Morgan fingerprint density at radius 2 is 2.11 bits per heavy atom. The highest BCUT2D eigenvalue weighted by molar-refractivity contribution is 5.55. The quantitative estimate of drug-likeness (QED) is 0.816. The van der Waals surface area contributed by atoms with E-state index < -0.39 is 0 Å². The molecule has 1 aliphatic heterocycles. The van der Waals surface area contributed by atoms with Crippen LogP contribution in [-0.2, 0) is 6.54 Å². The number of hydrogen-bond acceptors (Lipinski definition) is 2. The first-order valence-corrected chi connectivity index (χ1v) is 7.24. The van der Waals surface area contributed by atoms with E-state index >= 15 is 0 Å². The summed E-state index contributed by atoms with van der Waals surface area (Å²) in [5.74, 6) is 0. The molecule has 0 bridgehead atoms. The molecule has 0 amide bonds. The van der Waals surface area contributed by atoms with Gasteiger partial charge in [-0.1, -0.05) is 38.5 Å². The van der Waals surface area contributed by atoms with Crippen molar-refractivity contribution in [2.75, 3.05) is 18.0 Å².